The zero-order valence-electron chi connectivity index (χ0n) is 7.86. The van der Waals surface area contributed by atoms with Crippen LogP contribution >= 0.6 is 0 Å². The van der Waals surface area contributed by atoms with E-state index in [1.165, 1.54) is 0 Å². The van der Waals surface area contributed by atoms with Crippen molar-refractivity contribution < 1.29 is 0 Å². The van der Waals surface area contributed by atoms with E-state index >= 15 is 0 Å². The molecule has 0 aliphatic heterocycles. The van der Waals surface area contributed by atoms with Crippen LogP contribution in [0.5, 0.6) is 0 Å². The SMILES string of the molecule is CN(C)C(C#N)=Cc1ccccc1. The molecular formula is C11H12N2. The van der Waals surface area contributed by atoms with Gasteiger partial charge in [-0.3, -0.25) is 0 Å². The fourth-order valence-corrected chi connectivity index (χ4v) is 0.969. The smallest absolute Gasteiger partial charge is 0.117 e. The van der Waals surface area contributed by atoms with Gasteiger partial charge in [0.1, 0.15) is 11.8 Å². The van der Waals surface area contributed by atoms with Crippen LogP contribution in [-0.4, -0.2) is 19.0 Å². The van der Waals surface area contributed by atoms with Crippen LogP contribution in [0.4, 0.5) is 0 Å². The summed E-state index contributed by atoms with van der Waals surface area (Å²) in [7, 11) is 3.72. The Kier molecular flexibility index (Phi) is 3.10. The van der Waals surface area contributed by atoms with Gasteiger partial charge in [0.15, 0.2) is 0 Å². The summed E-state index contributed by atoms with van der Waals surface area (Å²) in [6.07, 6.45) is 1.86. The van der Waals surface area contributed by atoms with E-state index in [9.17, 15) is 0 Å². The first kappa shape index (κ1) is 9.34. The minimum Gasteiger partial charge on any atom is -0.369 e. The van der Waals surface area contributed by atoms with Crippen molar-refractivity contribution in [2.75, 3.05) is 14.1 Å². The number of rotatable bonds is 2. The van der Waals surface area contributed by atoms with Crippen molar-refractivity contribution in [3.05, 3.63) is 41.6 Å². The molecule has 0 amide bonds. The first-order valence-electron chi connectivity index (χ1n) is 4.08. The van der Waals surface area contributed by atoms with Crippen molar-refractivity contribution in [1.29, 1.82) is 5.26 Å². The van der Waals surface area contributed by atoms with E-state index in [1.807, 2.05) is 50.5 Å². The molecule has 13 heavy (non-hydrogen) atoms. The van der Waals surface area contributed by atoms with Gasteiger partial charge in [-0.1, -0.05) is 30.3 Å². The van der Waals surface area contributed by atoms with Gasteiger partial charge in [0.2, 0.25) is 0 Å². The molecular weight excluding hydrogens is 160 g/mol. The zero-order chi connectivity index (χ0) is 9.68. The lowest BCUT2D eigenvalue weighted by Gasteiger charge is -2.09. The zero-order valence-corrected chi connectivity index (χ0v) is 7.86. The minimum absolute atomic E-state index is 0.659. The Labute approximate surface area is 78.7 Å². The van der Waals surface area contributed by atoms with Gasteiger partial charge in [-0.2, -0.15) is 5.26 Å². The Hall–Kier alpha value is -1.75. The highest BCUT2D eigenvalue weighted by molar-refractivity contribution is 5.55. The van der Waals surface area contributed by atoms with Crippen LogP contribution in [0.3, 0.4) is 0 Å². The van der Waals surface area contributed by atoms with Gasteiger partial charge in [-0.05, 0) is 11.6 Å². The van der Waals surface area contributed by atoms with E-state index in [-0.39, 0.29) is 0 Å². The number of benzene rings is 1. The Morgan fingerprint density at radius 3 is 2.38 bits per heavy atom. The summed E-state index contributed by atoms with van der Waals surface area (Å²) in [6, 6.07) is 12.0. The lowest BCUT2D eigenvalue weighted by Crippen LogP contribution is -2.08. The topological polar surface area (TPSA) is 27.0 Å². The fraction of sp³-hybridized carbons (Fsp3) is 0.182. The molecule has 0 fully saturated rings. The standard InChI is InChI=1S/C11H12N2/c1-13(2)11(9-12)8-10-6-4-3-5-7-10/h3-8H,1-2H3. The molecule has 0 saturated heterocycles. The van der Waals surface area contributed by atoms with Crippen LogP contribution in [0.25, 0.3) is 6.08 Å². The normalized spacial score (nSPS) is 10.7. The highest BCUT2D eigenvalue weighted by Crippen LogP contribution is 2.06. The second kappa shape index (κ2) is 4.32. The molecule has 1 aromatic carbocycles. The predicted octanol–water partition coefficient (Wildman–Crippen LogP) is 2.11. The minimum atomic E-state index is 0.659. The summed E-state index contributed by atoms with van der Waals surface area (Å²) < 4.78 is 0. The number of allylic oxidation sites excluding steroid dienone is 1. The van der Waals surface area contributed by atoms with Crippen LogP contribution in [0.15, 0.2) is 36.0 Å². The summed E-state index contributed by atoms with van der Waals surface area (Å²) in [5.74, 6) is 0. The van der Waals surface area contributed by atoms with Crippen molar-refractivity contribution in [1.82, 2.24) is 4.90 Å². The molecule has 0 spiro atoms. The summed E-state index contributed by atoms with van der Waals surface area (Å²) in [5, 5.41) is 8.80. The van der Waals surface area contributed by atoms with Crippen molar-refractivity contribution in [3.8, 4) is 6.07 Å². The van der Waals surface area contributed by atoms with E-state index in [2.05, 4.69) is 6.07 Å². The number of hydrogen-bond donors (Lipinski definition) is 0. The molecule has 0 saturated carbocycles. The van der Waals surface area contributed by atoms with Gasteiger partial charge in [0.05, 0.1) is 0 Å². The molecule has 1 aromatic rings. The highest BCUT2D eigenvalue weighted by Gasteiger charge is 1.96. The third-order valence-electron chi connectivity index (χ3n) is 1.70. The molecule has 0 aliphatic carbocycles. The third-order valence-corrected chi connectivity index (χ3v) is 1.70. The summed E-state index contributed by atoms with van der Waals surface area (Å²) >= 11 is 0. The molecule has 0 radical (unpaired) electrons. The second-order valence-corrected chi connectivity index (χ2v) is 2.95. The quantitative estimate of drug-likeness (QED) is 0.639. The van der Waals surface area contributed by atoms with E-state index in [4.69, 9.17) is 5.26 Å². The molecule has 2 heteroatoms. The fourth-order valence-electron chi connectivity index (χ4n) is 0.969. The first-order chi connectivity index (χ1) is 6.24. The molecule has 2 nitrogen and oxygen atoms in total. The third kappa shape index (κ3) is 2.64. The van der Waals surface area contributed by atoms with Crippen LogP contribution in [-0.2, 0) is 0 Å². The molecule has 0 aromatic heterocycles. The molecule has 1 rings (SSSR count). The lowest BCUT2D eigenvalue weighted by atomic mass is 10.2. The summed E-state index contributed by atoms with van der Waals surface area (Å²) in [4.78, 5) is 1.80. The van der Waals surface area contributed by atoms with Gasteiger partial charge < -0.3 is 4.90 Å². The predicted molar refractivity (Wildman–Crippen MR) is 53.7 cm³/mol. The van der Waals surface area contributed by atoms with Gasteiger partial charge in [0, 0.05) is 14.1 Å². The number of hydrogen-bond acceptors (Lipinski definition) is 2. The highest BCUT2D eigenvalue weighted by atomic mass is 15.1. The Morgan fingerprint density at radius 2 is 1.92 bits per heavy atom. The van der Waals surface area contributed by atoms with Gasteiger partial charge in [0.25, 0.3) is 0 Å². The molecule has 0 N–H and O–H groups in total. The largest absolute Gasteiger partial charge is 0.369 e. The Morgan fingerprint density at radius 1 is 1.31 bits per heavy atom. The maximum absolute atomic E-state index is 8.80. The van der Waals surface area contributed by atoms with Gasteiger partial charge in [-0.15, -0.1) is 0 Å². The average Bonchev–Trinajstić information content (AvgIpc) is 2.15. The second-order valence-electron chi connectivity index (χ2n) is 2.95. The van der Waals surface area contributed by atoms with Crippen molar-refractivity contribution in [2.24, 2.45) is 0 Å². The number of nitriles is 1. The van der Waals surface area contributed by atoms with Crippen molar-refractivity contribution in [2.45, 2.75) is 0 Å². The molecule has 0 bridgehead atoms. The molecule has 0 unspecified atom stereocenters. The molecule has 0 aliphatic rings. The van der Waals surface area contributed by atoms with Crippen molar-refractivity contribution >= 4 is 6.08 Å². The monoisotopic (exact) mass is 172 g/mol. The van der Waals surface area contributed by atoms with Gasteiger partial charge >= 0.3 is 0 Å². The maximum Gasteiger partial charge on any atom is 0.117 e. The molecule has 0 atom stereocenters. The summed E-state index contributed by atoms with van der Waals surface area (Å²) in [5.41, 5.74) is 1.71. The molecule has 66 valence electrons. The number of nitrogens with zero attached hydrogens (tertiary/aromatic N) is 2. The van der Waals surface area contributed by atoms with Crippen LogP contribution in [0.2, 0.25) is 0 Å². The maximum atomic E-state index is 8.80. The lowest BCUT2D eigenvalue weighted by molar-refractivity contribution is 0.538. The van der Waals surface area contributed by atoms with Crippen molar-refractivity contribution in [3.63, 3.8) is 0 Å². The first-order valence-corrected chi connectivity index (χ1v) is 4.08. The van der Waals surface area contributed by atoms with Gasteiger partial charge in [-0.25, -0.2) is 0 Å². The average molecular weight is 172 g/mol. The van der Waals surface area contributed by atoms with Crippen LogP contribution < -0.4 is 0 Å². The van der Waals surface area contributed by atoms with Crippen LogP contribution in [0, 0.1) is 11.3 Å². The molecule has 0 heterocycles. The van der Waals surface area contributed by atoms with E-state index in [0.29, 0.717) is 5.70 Å². The van der Waals surface area contributed by atoms with E-state index in [1.54, 1.807) is 4.90 Å². The Balaban J connectivity index is 2.94. The van der Waals surface area contributed by atoms with E-state index in [0.717, 1.165) is 5.56 Å². The van der Waals surface area contributed by atoms with E-state index < -0.39 is 0 Å². The Bertz CT molecular complexity index is 331. The van der Waals surface area contributed by atoms with Crippen LogP contribution in [0.1, 0.15) is 5.56 Å². The summed E-state index contributed by atoms with van der Waals surface area (Å²) in [6.45, 7) is 0.